The van der Waals surface area contributed by atoms with Crippen molar-refractivity contribution in [3.05, 3.63) is 23.2 Å². The Balaban J connectivity index is 1.43. The zero-order chi connectivity index (χ0) is 22.4. The number of hydrogen-bond donors (Lipinski definition) is 2. The summed E-state index contributed by atoms with van der Waals surface area (Å²) in [7, 11) is 1.88. The number of hydrogen-bond acceptors (Lipinski definition) is 8. The number of amides is 2. The van der Waals surface area contributed by atoms with Crippen LogP contribution >= 0.6 is 0 Å². The first kappa shape index (κ1) is 21.1. The lowest BCUT2D eigenvalue weighted by atomic mass is 9.99. The molecule has 10 heteroatoms. The second kappa shape index (κ2) is 7.82. The van der Waals surface area contributed by atoms with Gasteiger partial charge in [0.1, 0.15) is 17.5 Å². The fraction of sp³-hybridized carbons (Fsp3) is 0.571. The van der Waals surface area contributed by atoms with Gasteiger partial charge in [-0.2, -0.15) is 4.98 Å². The van der Waals surface area contributed by atoms with Crippen molar-refractivity contribution in [2.24, 2.45) is 5.92 Å². The number of likely N-dealkylation sites (N-methyl/N-ethyl adjacent to an activating group) is 1. The largest absolute Gasteiger partial charge is 0.360 e. The maximum absolute atomic E-state index is 12.6. The lowest BCUT2D eigenvalue weighted by Crippen LogP contribution is -2.57. The molecule has 1 atom stereocenters. The molecule has 0 spiro atoms. The molecule has 0 aromatic carbocycles. The lowest BCUT2D eigenvalue weighted by molar-refractivity contribution is -0.118. The predicted molar refractivity (Wildman–Crippen MR) is 116 cm³/mol. The number of nitrogens with zero attached hydrogens (tertiary/aromatic N) is 5. The Morgan fingerprint density at radius 3 is 2.58 bits per heavy atom. The molecule has 2 aliphatic rings. The molecule has 2 amide bonds. The normalized spacial score (nSPS) is 18.8. The third-order valence-electron chi connectivity index (χ3n) is 5.79. The first-order valence-corrected chi connectivity index (χ1v) is 10.6. The molecule has 0 bridgehead atoms. The molecule has 1 saturated heterocycles. The number of nitrogens with one attached hydrogen (secondary N) is 2. The topological polar surface area (TPSA) is 116 Å². The van der Waals surface area contributed by atoms with Gasteiger partial charge in [0.25, 0.3) is 5.91 Å². The van der Waals surface area contributed by atoms with Gasteiger partial charge >= 0.3 is 0 Å². The van der Waals surface area contributed by atoms with E-state index >= 15 is 0 Å². The van der Waals surface area contributed by atoms with Crippen molar-refractivity contribution in [2.75, 3.05) is 35.7 Å². The summed E-state index contributed by atoms with van der Waals surface area (Å²) in [5, 5.41) is 10.1. The third kappa shape index (κ3) is 3.82. The monoisotopic (exact) mass is 427 g/mol. The fourth-order valence-electron chi connectivity index (χ4n) is 4.02. The van der Waals surface area contributed by atoms with Crippen LogP contribution in [0.5, 0.6) is 0 Å². The minimum Gasteiger partial charge on any atom is -0.360 e. The highest BCUT2D eigenvalue weighted by molar-refractivity contribution is 6.03. The Hall–Kier alpha value is -3.17. The van der Waals surface area contributed by atoms with E-state index < -0.39 is 0 Å². The molecule has 10 nitrogen and oxygen atoms in total. The van der Waals surface area contributed by atoms with Gasteiger partial charge in [-0.25, -0.2) is 4.98 Å². The van der Waals surface area contributed by atoms with Crippen LogP contribution in [0.4, 0.5) is 17.5 Å². The van der Waals surface area contributed by atoms with Crippen LogP contribution < -0.4 is 15.5 Å². The summed E-state index contributed by atoms with van der Waals surface area (Å²) in [6.45, 7) is 10.9. The number of fused-ring (bicyclic) bond motifs is 1. The zero-order valence-electron chi connectivity index (χ0n) is 18.8. The van der Waals surface area contributed by atoms with Crippen molar-refractivity contribution < 1.29 is 14.1 Å². The summed E-state index contributed by atoms with van der Waals surface area (Å²) in [5.74, 6) is 2.03. The van der Waals surface area contributed by atoms with E-state index in [1.165, 1.54) is 0 Å². The zero-order valence-corrected chi connectivity index (χ0v) is 18.8. The first-order valence-electron chi connectivity index (χ1n) is 10.6. The molecule has 0 radical (unpaired) electrons. The van der Waals surface area contributed by atoms with E-state index in [9.17, 15) is 9.59 Å². The summed E-state index contributed by atoms with van der Waals surface area (Å²) < 4.78 is 5.23. The molecular formula is C21H29N7O3. The van der Waals surface area contributed by atoms with Crippen LogP contribution in [0.2, 0.25) is 0 Å². The average Bonchev–Trinajstić information content (AvgIpc) is 3.15. The number of likely N-dealkylation sites (tertiary alicyclic amines) is 1. The van der Waals surface area contributed by atoms with Crippen molar-refractivity contribution in [1.29, 1.82) is 0 Å². The second-order valence-electron chi connectivity index (χ2n) is 8.94. The highest BCUT2D eigenvalue weighted by Crippen LogP contribution is 2.34. The number of anilines is 3. The molecule has 2 aromatic heterocycles. The molecule has 1 unspecified atom stereocenters. The minimum absolute atomic E-state index is 0.0426. The van der Waals surface area contributed by atoms with Gasteiger partial charge in [-0.3, -0.25) is 9.59 Å². The molecule has 2 aromatic rings. The summed E-state index contributed by atoms with van der Waals surface area (Å²) in [6.07, 6.45) is 0. The van der Waals surface area contributed by atoms with E-state index in [1.54, 1.807) is 11.0 Å². The van der Waals surface area contributed by atoms with Crippen molar-refractivity contribution in [3.63, 3.8) is 0 Å². The first-order chi connectivity index (χ1) is 14.7. The molecule has 166 valence electrons. The molecule has 0 aliphatic carbocycles. The van der Waals surface area contributed by atoms with Crippen LogP contribution in [0.1, 0.15) is 55.6 Å². The van der Waals surface area contributed by atoms with Gasteiger partial charge < -0.3 is 25.0 Å². The molecule has 2 N–H and O–H groups in total. The number of aryl methyl sites for hydroxylation is 1. The van der Waals surface area contributed by atoms with Gasteiger partial charge in [0.05, 0.1) is 11.7 Å². The maximum Gasteiger partial charge on any atom is 0.276 e. The van der Waals surface area contributed by atoms with E-state index in [-0.39, 0.29) is 35.7 Å². The van der Waals surface area contributed by atoms with Gasteiger partial charge in [0.2, 0.25) is 11.9 Å². The highest BCUT2D eigenvalue weighted by atomic mass is 16.5. The summed E-state index contributed by atoms with van der Waals surface area (Å²) in [5.41, 5.74) is 1.68. The number of carbonyl (C=O) groups excluding carboxylic acids is 2. The van der Waals surface area contributed by atoms with E-state index in [4.69, 9.17) is 4.52 Å². The molecule has 1 fully saturated rings. The van der Waals surface area contributed by atoms with Crippen molar-refractivity contribution in [3.8, 4) is 0 Å². The molecular weight excluding hydrogens is 398 g/mol. The van der Waals surface area contributed by atoms with E-state index in [2.05, 4.69) is 25.8 Å². The second-order valence-corrected chi connectivity index (χ2v) is 8.94. The Labute approximate surface area is 181 Å². The molecule has 4 rings (SSSR count). The number of aromatic nitrogens is 3. The standard InChI is InChI=1S/C21H29N7O3/c1-10(2)15-7-14(26-31-15)20(30)28-8-13(9-28)23-21-22-12(5)16-18(25-21)27(6)17(11(3)4)19(29)24-16/h7,10-11,13,17H,8-9H2,1-6H3,(H,24,29)(H,22,23,25). The van der Waals surface area contributed by atoms with Gasteiger partial charge in [0, 0.05) is 32.1 Å². The van der Waals surface area contributed by atoms with Crippen molar-refractivity contribution >= 4 is 29.3 Å². The van der Waals surface area contributed by atoms with Gasteiger partial charge in [-0.05, 0) is 12.8 Å². The van der Waals surface area contributed by atoms with Crippen LogP contribution in [-0.4, -0.2) is 64.1 Å². The summed E-state index contributed by atoms with van der Waals surface area (Å²) >= 11 is 0. The van der Waals surface area contributed by atoms with Crippen molar-refractivity contribution in [1.82, 2.24) is 20.0 Å². The number of rotatable bonds is 5. The van der Waals surface area contributed by atoms with Gasteiger partial charge in [-0.15, -0.1) is 0 Å². The Morgan fingerprint density at radius 2 is 1.97 bits per heavy atom. The van der Waals surface area contributed by atoms with Crippen LogP contribution in [0.25, 0.3) is 0 Å². The van der Waals surface area contributed by atoms with Crippen LogP contribution in [0.15, 0.2) is 10.6 Å². The van der Waals surface area contributed by atoms with Crippen LogP contribution in [0, 0.1) is 12.8 Å². The minimum atomic E-state index is -0.287. The predicted octanol–water partition coefficient (Wildman–Crippen LogP) is 2.25. The summed E-state index contributed by atoms with van der Waals surface area (Å²) in [4.78, 5) is 37.8. The van der Waals surface area contributed by atoms with Crippen LogP contribution in [0.3, 0.4) is 0 Å². The molecule has 4 heterocycles. The molecule has 0 saturated carbocycles. The van der Waals surface area contributed by atoms with E-state index in [1.807, 2.05) is 46.6 Å². The summed E-state index contributed by atoms with van der Waals surface area (Å²) in [6, 6.07) is 1.46. The maximum atomic E-state index is 12.6. The SMILES string of the molecule is Cc1nc(NC2CN(C(=O)c3cc(C(C)C)on3)C2)nc2c1NC(=O)C(C(C)C)N2C. The Bertz CT molecular complexity index is 1010. The fourth-order valence-corrected chi connectivity index (χ4v) is 4.02. The van der Waals surface area contributed by atoms with Gasteiger partial charge in [-0.1, -0.05) is 32.9 Å². The van der Waals surface area contributed by atoms with Crippen molar-refractivity contribution in [2.45, 2.75) is 52.6 Å². The smallest absolute Gasteiger partial charge is 0.276 e. The molecule has 31 heavy (non-hydrogen) atoms. The molecule has 2 aliphatic heterocycles. The van der Waals surface area contributed by atoms with E-state index in [0.717, 1.165) is 0 Å². The third-order valence-corrected chi connectivity index (χ3v) is 5.79. The van der Waals surface area contributed by atoms with Gasteiger partial charge in [0.15, 0.2) is 11.5 Å². The average molecular weight is 428 g/mol. The van der Waals surface area contributed by atoms with E-state index in [0.29, 0.717) is 47.7 Å². The Morgan fingerprint density at radius 1 is 1.26 bits per heavy atom. The quantitative estimate of drug-likeness (QED) is 0.746. The van der Waals surface area contributed by atoms with Crippen LogP contribution in [-0.2, 0) is 4.79 Å². The highest BCUT2D eigenvalue weighted by Gasteiger charge is 2.37. The lowest BCUT2D eigenvalue weighted by Gasteiger charge is -2.40. The number of carbonyl (C=O) groups is 2. The Kier molecular flexibility index (Phi) is 5.32.